The molecule has 7 heteroatoms. The molecule has 168 valence electrons. The van der Waals surface area contributed by atoms with E-state index in [9.17, 15) is 0 Å². The van der Waals surface area contributed by atoms with Crippen molar-refractivity contribution in [3.8, 4) is 28.1 Å². The Kier molecular flexibility index (Phi) is 5.01. The average Bonchev–Trinajstić information content (AvgIpc) is 3.64. The molecule has 0 unspecified atom stereocenters. The Labute approximate surface area is 197 Å². The van der Waals surface area contributed by atoms with Gasteiger partial charge < -0.3 is 10.1 Å². The van der Waals surface area contributed by atoms with Crippen LogP contribution in [0.25, 0.3) is 43.6 Å². The number of aryl methyl sites for hydroxylation is 1. The minimum Gasteiger partial charge on any atom is -0.491 e. The fraction of sp³-hybridized carbons (Fsp3) is 0.222. The Hall–Kier alpha value is -4.15. The summed E-state index contributed by atoms with van der Waals surface area (Å²) < 4.78 is 10.4. The number of pyridine rings is 1. The molecule has 0 radical (unpaired) electrons. The molecule has 1 N–H and O–H groups in total. The summed E-state index contributed by atoms with van der Waals surface area (Å²) in [6.45, 7) is 10.0. The van der Waals surface area contributed by atoms with E-state index in [2.05, 4.69) is 48.9 Å². The molecule has 0 amide bonds. The van der Waals surface area contributed by atoms with Crippen LogP contribution in [-0.4, -0.2) is 38.9 Å². The molecule has 0 saturated carbocycles. The van der Waals surface area contributed by atoms with Crippen molar-refractivity contribution in [3.05, 3.63) is 78.7 Å². The lowest BCUT2D eigenvalue weighted by atomic mass is 9.97. The van der Waals surface area contributed by atoms with Crippen molar-refractivity contribution >= 4 is 22.1 Å². The largest absolute Gasteiger partial charge is 0.491 e. The molecule has 1 aliphatic rings. The van der Waals surface area contributed by atoms with Gasteiger partial charge in [0.05, 0.1) is 43.1 Å². The van der Waals surface area contributed by atoms with E-state index >= 15 is 0 Å². The number of hydrogen-bond donors (Lipinski definition) is 1. The lowest BCUT2D eigenvalue weighted by molar-refractivity contribution is 0.262. The van der Waals surface area contributed by atoms with E-state index in [1.54, 1.807) is 0 Å². The Morgan fingerprint density at radius 1 is 1.09 bits per heavy atom. The molecule has 7 nitrogen and oxygen atoms in total. The topological polar surface area (TPSA) is 60.7 Å². The number of fused-ring (bicyclic) bond motifs is 2. The molecule has 1 fully saturated rings. The maximum Gasteiger partial charge on any atom is 0.187 e. The molecule has 1 aliphatic heterocycles. The quantitative estimate of drug-likeness (QED) is 0.380. The summed E-state index contributed by atoms with van der Waals surface area (Å²) >= 11 is 0. The van der Waals surface area contributed by atoms with E-state index in [1.807, 2.05) is 54.7 Å². The molecule has 0 aliphatic carbocycles. The Morgan fingerprint density at radius 3 is 2.74 bits per heavy atom. The number of hydrogen-bond acceptors (Lipinski definition) is 4. The van der Waals surface area contributed by atoms with Gasteiger partial charge in [0.15, 0.2) is 5.69 Å². The number of aromatic nitrogens is 4. The number of ether oxygens (including phenoxy) is 1. The molecule has 1 atom stereocenters. The van der Waals surface area contributed by atoms with Gasteiger partial charge in [-0.3, -0.25) is 9.08 Å². The highest BCUT2D eigenvalue weighted by Gasteiger charge is 2.20. The molecule has 3 aromatic heterocycles. The molecular formula is C27H24N6O. The summed E-state index contributed by atoms with van der Waals surface area (Å²) in [5, 5.41) is 8.89. The Balaban J connectivity index is 1.54. The predicted molar refractivity (Wildman–Crippen MR) is 133 cm³/mol. The fourth-order valence-electron chi connectivity index (χ4n) is 4.78. The first-order chi connectivity index (χ1) is 16.7. The maximum absolute atomic E-state index is 7.31. The summed E-state index contributed by atoms with van der Waals surface area (Å²) in [7, 11) is 1.95. The third-order valence-corrected chi connectivity index (χ3v) is 6.63. The van der Waals surface area contributed by atoms with Crippen LogP contribution in [0, 0.1) is 12.5 Å². The molecule has 1 saturated heterocycles. The van der Waals surface area contributed by atoms with Crippen LogP contribution in [0.1, 0.15) is 6.42 Å². The van der Waals surface area contributed by atoms with Gasteiger partial charge in [0.1, 0.15) is 11.3 Å². The lowest BCUT2D eigenvalue weighted by Crippen LogP contribution is -2.15. The number of nitrogens with one attached hydrogen (secondary N) is 1. The highest BCUT2D eigenvalue weighted by molar-refractivity contribution is 5.91. The van der Waals surface area contributed by atoms with Crippen molar-refractivity contribution in [1.82, 2.24) is 24.5 Å². The summed E-state index contributed by atoms with van der Waals surface area (Å²) in [6.07, 6.45) is 6.73. The van der Waals surface area contributed by atoms with Gasteiger partial charge in [-0.1, -0.05) is 30.3 Å². The highest BCUT2D eigenvalue weighted by atomic mass is 16.5. The molecule has 5 aromatic rings. The lowest BCUT2D eigenvalue weighted by Gasteiger charge is -2.18. The van der Waals surface area contributed by atoms with E-state index in [0.717, 1.165) is 64.1 Å². The second-order valence-electron chi connectivity index (χ2n) is 8.79. The van der Waals surface area contributed by atoms with Gasteiger partial charge in [0.2, 0.25) is 0 Å². The van der Waals surface area contributed by atoms with Crippen molar-refractivity contribution < 1.29 is 4.74 Å². The van der Waals surface area contributed by atoms with Crippen LogP contribution >= 0.6 is 0 Å². The third-order valence-electron chi connectivity index (χ3n) is 6.63. The van der Waals surface area contributed by atoms with Gasteiger partial charge in [0, 0.05) is 30.5 Å². The van der Waals surface area contributed by atoms with Crippen LogP contribution in [0.4, 0.5) is 5.69 Å². The standard InChI is InChI=1S/C27H24N6O/c1-28-22-6-3-19(4-7-22)23-12-26(34-16-18-9-10-29-13-18)25-15-30-17-33(25)27(23)20-5-8-24-21(11-20)14-31-32(24)2/h3-8,11-12,14-15,17-18,29H,9-10,13,16H2,2H3/t18-/m1/s1. The summed E-state index contributed by atoms with van der Waals surface area (Å²) in [4.78, 5) is 8.02. The van der Waals surface area contributed by atoms with E-state index in [4.69, 9.17) is 11.3 Å². The van der Waals surface area contributed by atoms with Gasteiger partial charge >= 0.3 is 0 Å². The van der Waals surface area contributed by atoms with Crippen LogP contribution in [0.15, 0.2) is 67.3 Å². The number of nitrogens with zero attached hydrogens (tertiary/aromatic N) is 5. The minimum atomic E-state index is 0.511. The molecule has 2 aromatic carbocycles. The Bertz CT molecular complexity index is 1530. The normalized spacial score (nSPS) is 15.7. The minimum absolute atomic E-state index is 0.511. The van der Waals surface area contributed by atoms with E-state index in [1.165, 1.54) is 0 Å². The second-order valence-corrected chi connectivity index (χ2v) is 8.79. The van der Waals surface area contributed by atoms with Crippen molar-refractivity contribution in [2.75, 3.05) is 19.7 Å². The smallest absolute Gasteiger partial charge is 0.187 e. The van der Waals surface area contributed by atoms with Crippen LogP contribution in [0.3, 0.4) is 0 Å². The predicted octanol–water partition coefficient (Wildman–Crippen LogP) is 5.09. The molecular weight excluding hydrogens is 424 g/mol. The van der Waals surface area contributed by atoms with Gasteiger partial charge in [-0.15, -0.1) is 0 Å². The fourth-order valence-corrected chi connectivity index (χ4v) is 4.78. The first-order valence-corrected chi connectivity index (χ1v) is 11.4. The van der Waals surface area contributed by atoms with Gasteiger partial charge in [-0.2, -0.15) is 5.10 Å². The van der Waals surface area contributed by atoms with E-state index in [-0.39, 0.29) is 0 Å². The summed E-state index contributed by atoms with van der Waals surface area (Å²) in [5.74, 6) is 1.33. The highest BCUT2D eigenvalue weighted by Crippen LogP contribution is 2.39. The monoisotopic (exact) mass is 448 g/mol. The maximum atomic E-state index is 7.31. The molecule has 6 rings (SSSR count). The van der Waals surface area contributed by atoms with Crippen molar-refractivity contribution in [2.45, 2.75) is 6.42 Å². The van der Waals surface area contributed by atoms with Crippen LogP contribution in [0.5, 0.6) is 5.75 Å². The Morgan fingerprint density at radius 2 is 1.94 bits per heavy atom. The van der Waals surface area contributed by atoms with E-state index in [0.29, 0.717) is 18.2 Å². The number of imidazole rings is 1. The molecule has 4 heterocycles. The molecule has 0 spiro atoms. The molecule has 0 bridgehead atoms. The zero-order valence-electron chi connectivity index (χ0n) is 18.9. The van der Waals surface area contributed by atoms with Crippen molar-refractivity contribution in [2.24, 2.45) is 13.0 Å². The number of rotatable bonds is 5. The van der Waals surface area contributed by atoms with Gasteiger partial charge in [-0.25, -0.2) is 9.83 Å². The van der Waals surface area contributed by atoms with Crippen LogP contribution < -0.4 is 10.1 Å². The van der Waals surface area contributed by atoms with Crippen LogP contribution in [0.2, 0.25) is 0 Å². The van der Waals surface area contributed by atoms with E-state index < -0.39 is 0 Å². The second kappa shape index (κ2) is 8.32. The zero-order valence-corrected chi connectivity index (χ0v) is 18.9. The summed E-state index contributed by atoms with van der Waals surface area (Å²) in [6, 6.07) is 16.2. The number of benzene rings is 2. The average molecular weight is 449 g/mol. The first-order valence-electron chi connectivity index (χ1n) is 11.4. The van der Waals surface area contributed by atoms with Gasteiger partial charge in [0.25, 0.3) is 0 Å². The van der Waals surface area contributed by atoms with Crippen LogP contribution in [-0.2, 0) is 7.05 Å². The third kappa shape index (κ3) is 3.49. The molecule has 34 heavy (non-hydrogen) atoms. The summed E-state index contributed by atoms with van der Waals surface area (Å²) in [5.41, 5.74) is 6.80. The van der Waals surface area contributed by atoms with Gasteiger partial charge in [-0.05, 0) is 42.3 Å². The van der Waals surface area contributed by atoms with Crippen molar-refractivity contribution in [1.29, 1.82) is 0 Å². The SMILES string of the molecule is [C-]#[N+]c1ccc(-c2cc(OC[C@@H]3CCNC3)c3cncn3c2-c2ccc3c(cnn3C)c2)cc1. The first kappa shape index (κ1) is 20.5. The zero-order chi connectivity index (χ0) is 23.1. The van der Waals surface area contributed by atoms with Crippen molar-refractivity contribution in [3.63, 3.8) is 0 Å².